The van der Waals surface area contributed by atoms with Crippen LogP contribution in [0.5, 0.6) is 0 Å². The van der Waals surface area contributed by atoms with Crippen molar-refractivity contribution in [2.75, 3.05) is 18.5 Å². The van der Waals surface area contributed by atoms with E-state index in [0.29, 0.717) is 35.9 Å². The lowest BCUT2D eigenvalue weighted by Crippen LogP contribution is -3.00. The number of para-hydroxylation sites is 1. The topological polar surface area (TPSA) is 43.7 Å². The molecule has 10 unspecified atom stereocenters. The molecule has 4 saturated heterocycles. The van der Waals surface area contributed by atoms with Gasteiger partial charge in [0, 0.05) is 37.4 Å². The van der Waals surface area contributed by atoms with E-state index in [2.05, 4.69) is 50.1 Å². The molecule has 190 valence electrons. The smallest absolute Gasteiger partial charge is 0.194 e. The first-order valence-electron chi connectivity index (χ1n) is 14.1. The number of likely N-dealkylation sites (N-methyl/N-ethyl adjacent to an activating group) is 1. The predicted octanol–water partition coefficient (Wildman–Crippen LogP) is 1.82. The number of anilines is 1. The molecule has 0 aromatic heterocycles. The minimum absolute atomic E-state index is 0. The first-order valence-corrected chi connectivity index (χ1v) is 14.1. The van der Waals surface area contributed by atoms with Crippen LogP contribution in [-0.2, 0) is 5.41 Å². The fourth-order valence-corrected chi connectivity index (χ4v) is 10.2. The Bertz CT molecular complexity index is 897. The fraction of sp³-hybridized carbons (Fsp3) is 0.793. The van der Waals surface area contributed by atoms with E-state index in [4.69, 9.17) is 0 Å². The number of benzene rings is 1. The zero-order valence-electron chi connectivity index (χ0n) is 21.4. The Hall–Kier alpha value is -0.620. The van der Waals surface area contributed by atoms with E-state index >= 15 is 0 Å². The van der Waals surface area contributed by atoms with E-state index < -0.39 is 0 Å². The van der Waals surface area contributed by atoms with Crippen LogP contribution in [0.3, 0.4) is 0 Å². The molecule has 34 heavy (non-hydrogen) atoms. The summed E-state index contributed by atoms with van der Waals surface area (Å²) < 4.78 is 0.899. The molecule has 1 spiro atoms. The average molecular weight is 534 g/mol. The van der Waals surface area contributed by atoms with Crippen LogP contribution in [0.25, 0.3) is 0 Å². The Morgan fingerprint density at radius 3 is 2.44 bits per heavy atom. The van der Waals surface area contributed by atoms with Crippen molar-refractivity contribution in [2.24, 2.45) is 17.8 Å². The normalized spacial score (nSPS) is 44.8. The molecule has 1 aromatic carbocycles. The number of nitrogens with zero attached hydrogens (tertiary/aromatic N) is 2. The minimum atomic E-state index is -0.274. The molecular weight excluding hydrogens is 488 g/mol. The molecule has 5 heterocycles. The van der Waals surface area contributed by atoms with Crippen LogP contribution in [0, 0.1) is 17.8 Å². The summed E-state index contributed by atoms with van der Waals surface area (Å²) in [7, 11) is 2.26. The quantitative estimate of drug-likeness (QED) is 0.376. The molecule has 1 aliphatic carbocycles. The number of hydrogen-bond acceptors (Lipinski definition) is 3. The molecule has 6 aliphatic rings. The molecule has 5 aliphatic heterocycles. The van der Waals surface area contributed by atoms with Crippen LogP contribution in [0.4, 0.5) is 5.69 Å². The summed E-state index contributed by atoms with van der Waals surface area (Å²) in [5.41, 5.74) is 2.58. The second-order valence-electron chi connectivity index (χ2n) is 12.2. The molecule has 4 nitrogen and oxygen atoms in total. The second kappa shape index (κ2) is 9.04. The first-order chi connectivity index (χ1) is 16.0. The maximum atomic E-state index is 12.1. The van der Waals surface area contributed by atoms with E-state index in [1.165, 1.54) is 62.6 Å². The number of quaternary nitrogens is 1. The molecule has 5 bridgehead atoms. The molecule has 5 fully saturated rings. The maximum Gasteiger partial charge on any atom is 0.194 e. The van der Waals surface area contributed by atoms with Crippen molar-refractivity contribution >= 4 is 5.69 Å². The van der Waals surface area contributed by atoms with Gasteiger partial charge in [0.15, 0.2) is 6.23 Å². The second-order valence-corrected chi connectivity index (χ2v) is 12.2. The van der Waals surface area contributed by atoms with Crippen molar-refractivity contribution < 1.29 is 31.7 Å². The number of rotatable bonds is 9. The monoisotopic (exact) mass is 532 g/mol. The van der Waals surface area contributed by atoms with Crippen LogP contribution in [-0.4, -0.2) is 58.7 Å². The van der Waals surface area contributed by atoms with Crippen molar-refractivity contribution in [2.45, 2.75) is 114 Å². The third-order valence-corrected chi connectivity index (χ3v) is 11.3. The van der Waals surface area contributed by atoms with Crippen LogP contribution < -0.4 is 21.9 Å². The van der Waals surface area contributed by atoms with E-state index in [1.807, 2.05) is 0 Å². The Balaban J connectivity index is 0.00000241. The third kappa shape index (κ3) is 2.93. The van der Waals surface area contributed by atoms with Crippen molar-refractivity contribution in [3.05, 3.63) is 29.8 Å². The molecular formula is C29H45BrN2O2. The predicted molar refractivity (Wildman–Crippen MR) is 133 cm³/mol. The third-order valence-electron chi connectivity index (χ3n) is 11.3. The highest BCUT2D eigenvalue weighted by molar-refractivity contribution is 5.66. The van der Waals surface area contributed by atoms with Gasteiger partial charge >= 0.3 is 0 Å². The van der Waals surface area contributed by atoms with Gasteiger partial charge in [0.05, 0.1) is 30.1 Å². The van der Waals surface area contributed by atoms with Gasteiger partial charge < -0.3 is 32.1 Å². The molecule has 1 aromatic rings. The number of aliphatic hydroxyl groups excluding tert-OH is 2. The average Bonchev–Trinajstić information content (AvgIpc) is 3.21. The summed E-state index contributed by atoms with van der Waals surface area (Å²) in [6, 6.07) is 10.1. The largest absolute Gasteiger partial charge is 1.00 e. The van der Waals surface area contributed by atoms with Gasteiger partial charge in [-0.15, -0.1) is 0 Å². The highest BCUT2D eigenvalue weighted by Gasteiger charge is 2.82. The van der Waals surface area contributed by atoms with Gasteiger partial charge in [-0.1, -0.05) is 64.2 Å². The van der Waals surface area contributed by atoms with Crippen LogP contribution in [0.1, 0.15) is 83.6 Å². The van der Waals surface area contributed by atoms with Gasteiger partial charge in [-0.05, 0) is 36.8 Å². The number of hydrogen-bond donors (Lipinski definition) is 2. The maximum absolute atomic E-state index is 12.1. The van der Waals surface area contributed by atoms with Crippen LogP contribution in [0.2, 0.25) is 0 Å². The summed E-state index contributed by atoms with van der Waals surface area (Å²) in [6.07, 6.45) is 12.0. The number of fused-ring (bicyclic) bond motifs is 2. The van der Waals surface area contributed by atoms with Gasteiger partial charge in [0.1, 0.15) is 6.04 Å². The number of piperidine rings is 4. The van der Waals surface area contributed by atoms with Crippen molar-refractivity contribution in [3.63, 3.8) is 0 Å². The Kier molecular flexibility index (Phi) is 6.66. The minimum Gasteiger partial charge on any atom is -1.00 e. The van der Waals surface area contributed by atoms with E-state index in [0.717, 1.165) is 23.9 Å². The summed E-state index contributed by atoms with van der Waals surface area (Å²) in [5, 5.41) is 24.1. The van der Waals surface area contributed by atoms with Gasteiger partial charge in [0.2, 0.25) is 0 Å². The molecule has 0 radical (unpaired) electrons. The Labute approximate surface area is 217 Å². The standard InChI is InChI=1S/C29H45N2O2.BrH/c1-4-6-7-8-9-10-13-16-31-23-17-20(19(5-2)28(31)33)25-24(31)18-29(27(25)32)21-14-11-12-15-22(21)30(3)26(23)29;/h11-12,14-15,19-20,23-28,32-33H,4-10,13,16-18H2,1-3H3;1H/q+1;/p-1. The lowest BCUT2D eigenvalue weighted by atomic mass is 9.60. The number of aliphatic hydroxyl groups is 2. The van der Waals surface area contributed by atoms with Crippen molar-refractivity contribution in [3.8, 4) is 0 Å². The number of unbranched alkanes of at least 4 members (excludes halogenated alkanes) is 6. The van der Waals surface area contributed by atoms with Crippen LogP contribution >= 0.6 is 0 Å². The van der Waals surface area contributed by atoms with Gasteiger partial charge in [-0.2, -0.15) is 0 Å². The molecule has 7 rings (SSSR count). The molecule has 10 atom stereocenters. The van der Waals surface area contributed by atoms with Gasteiger partial charge in [0.25, 0.3) is 0 Å². The fourth-order valence-electron chi connectivity index (χ4n) is 10.2. The molecule has 2 N–H and O–H groups in total. The van der Waals surface area contributed by atoms with Gasteiger partial charge in [-0.25, -0.2) is 0 Å². The summed E-state index contributed by atoms with van der Waals surface area (Å²) in [6.45, 7) is 5.65. The highest BCUT2D eigenvalue weighted by atomic mass is 79.9. The first kappa shape index (κ1) is 25.0. The van der Waals surface area contributed by atoms with E-state index in [9.17, 15) is 10.2 Å². The van der Waals surface area contributed by atoms with E-state index in [1.54, 1.807) is 0 Å². The number of halogens is 1. The lowest BCUT2D eigenvalue weighted by molar-refractivity contribution is -1.04. The summed E-state index contributed by atoms with van der Waals surface area (Å²) >= 11 is 0. The summed E-state index contributed by atoms with van der Waals surface area (Å²) in [5.74, 6) is 1.18. The Morgan fingerprint density at radius 2 is 1.71 bits per heavy atom. The van der Waals surface area contributed by atoms with E-state index in [-0.39, 0.29) is 34.7 Å². The Morgan fingerprint density at radius 1 is 1.00 bits per heavy atom. The summed E-state index contributed by atoms with van der Waals surface area (Å²) in [4.78, 5) is 2.51. The zero-order valence-corrected chi connectivity index (χ0v) is 23.0. The molecule has 0 amide bonds. The van der Waals surface area contributed by atoms with Crippen molar-refractivity contribution in [1.29, 1.82) is 0 Å². The SMILES string of the molecule is CCCCCCCCC[N+]12C(O)C(CC)C3CC1C1N(C)c4ccccc4C14CC2C3C4O.[Br-]. The molecule has 1 saturated carbocycles. The van der Waals surface area contributed by atoms with Gasteiger partial charge in [-0.3, -0.25) is 4.48 Å². The zero-order chi connectivity index (χ0) is 23.0. The highest BCUT2D eigenvalue weighted by Crippen LogP contribution is 2.71. The van der Waals surface area contributed by atoms with Crippen molar-refractivity contribution in [1.82, 2.24) is 0 Å². The lowest BCUT2D eigenvalue weighted by Gasteiger charge is -2.68. The molecule has 5 heteroatoms. The van der Waals surface area contributed by atoms with Crippen LogP contribution in [0.15, 0.2) is 24.3 Å².